The third-order valence-corrected chi connectivity index (χ3v) is 6.31. The molecule has 0 fully saturated rings. The van der Waals surface area contributed by atoms with Gasteiger partial charge in [0.15, 0.2) is 0 Å². The second-order valence-corrected chi connectivity index (χ2v) is 10.3. The predicted octanol–water partition coefficient (Wildman–Crippen LogP) is 2.79. The van der Waals surface area contributed by atoms with Gasteiger partial charge >= 0.3 is 0 Å². The number of anilines is 1. The maximum atomic E-state index is 14.4. The maximum absolute atomic E-state index is 14.4. The Hall–Kier alpha value is -3.14. The summed E-state index contributed by atoms with van der Waals surface area (Å²) >= 11 is 0. The summed E-state index contributed by atoms with van der Waals surface area (Å²) in [6.07, 6.45) is 0.979. The van der Waals surface area contributed by atoms with Crippen molar-refractivity contribution >= 4 is 27.5 Å². The molecule has 10 heteroatoms. The highest BCUT2D eigenvalue weighted by molar-refractivity contribution is 7.92. The molecule has 0 spiro atoms. The zero-order valence-corrected chi connectivity index (χ0v) is 20.9. The van der Waals surface area contributed by atoms with Gasteiger partial charge in [0.2, 0.25) is 21.8 Å². The molecule has 2 aromatic carbocycles. The number of carbonyl (C=O) groups excluding carboxylic acids is 2. The van der Waals surface area contributed by atoms with Gasteiger partial charge in [-0.25, -0.2) is 12.8 Å². The van der Waals surface area contributed by atoms with Crippen molar-refractivity contribution in [2.45, 2.75) is 33.4 Å². The number of hydrogen-bond acceptors (Lipinski definition) is 5. The van der Waals surface area contributed by atoms with Crippen molar-refractivity contribution in [2.75, 3.05) is 30.8 Å². The number of nitrogens with zero attached hydrogens (tertiary/aromatic N) is 2. The molecule has 0 aliphatic heterocycles. The van der Waals surface area contributed by atoms with E-state index in [1.165, 1.54) is 43.2 Å². The molecule has 0 aliphatic carbocycles. The highest BCUT2D eigenvalue weighted by Gasteiger charge is 2.31. The Morgan fingerprint density at radius 2 is 1.68 bits per heavy atom. The second-order valence-electron chi connectivity index (χ2n) is 8.37. The smallest absolute Gasteiger partial charge is 0.244 e. The van der Waals surface area contributed by atoms with E-state index < -0.39 is 40.2 Å². The summed E-state index contributed by atoms with van der Waals surface area (Å²) in [4.78, 5) is 27.4. The monoisotopic (exact) mass is 493 g/mol. The molecule has 0 bridgehead atoms. The van der Waals surface area contributed by atoms with E-state index in [4.69, 9.17) is 4.74 Å². The van der Waals surface area contributed by atoms with Gasteiger partial charge in [0.05, 0.1) is 19.1 Å². The summed E-state index contributed by atoms with van der Waals surface area (Å²) in [6.45, 7) is 5.01. The van der Waals surface area contributed by atoms with E-state index >= 15 is 0 Å². The molecule has 2 aromatic rings. The second kappa shape index (κ2) is 11.8. The summed E-state index contributed by atoms with van der Waals surface area (Å²) in [5.74, 6) is -1.14. The lowest BCUT2D eigenvalue weighted by atomic mass is 10.1. The summed E-state index contributed by atoms with van der Waals surface area (Å²) < 4.78 is 45.8. The van der Waals surface area contributed by atoms with Gasteiger partial charge in [0.25, 0.3) is 0 Å². The average molecular weight is 494 g/mol. The fourth-order valence-electron chi connectivity index (χ4n) is 3.28. The van der Waals surface area contributed by atoms with Gasteiger partial charge in [-0.15, -0.1) is 0 Å². The first kappa shape index (κ1) is 27.1. The van der Waals surface area contributed by atoms with Crippen LogP contribution in [0.15, 0.2) is 48.5 Å². The first-order valence-electron chi connectivity index (χ1n) is 10.9. The SMILES string of the molecule is COc1ccccc1N(CC(=O)N(Cc1ccccc1F)[C@H](C)C(=O)NCC(C)C)S(C)(=O)=O. The number of methoxy groups -OCH3 is 1. The zero-order valence-electron chi connectivity index (χ0n) is 20.1. The Balaban J connectivity index is 2.42. The minimum atomic E-state index is -3.90. The van der Waals surface area contributed by atoms with E-state index in [0.717, 1.165) is 10.6 Å². The molecule has 1 N–H and O–H groups in total. The molecule has 0 saturated heterocycles. The third-order valence-electron chi connectivity index (χ3n) is 5.18. The zero-order chi connectivity index (χ0) is 25.5. The lowest BCUT2D eigenvalue weighted by molar-refractivity contribution is -0.139. The molecular weight excluding hydrogens is 461 g/mol. The van der Waals surface area contributed by atoms with Crippen molar-refractivity contribution in [3.8, 4) is 5.75 Å². The summed E-state index contributed by atoms with van der Waals surface area (Å²) in [5, 5.41) is 2.77. The molecule has 1 atom stereocenters. The molecule has 0 aromatic heterocycles. The van der Waals surface area contributed by atoms with Crippen LogP contribution in [-0.2, 0) is 26.2 Å². The lowest BCUT2D eigenvalue weighted by Crippen LogP contribution is -2.51. The van der Waals surface area contributed by atoms with Crippen LogP contribution in [0.2, 0.25) is 0 Å². The van der Waals surface area contributed by atoms with Crippen molar-refractivity contribution in [1.82, 2.24) is 10.2 Å². The number of sulfonamides is 1. The normalized spacial score (nSPS) is 12.2. The van der Waals surface area contributed by atoms with Gasteiger partial charge in [-0.05, 0) is 31.0 Å². The molecule has 186 valence electrons. The number of halogens is 1. The van der Waals surface area contributed by atoms with Crippen LogP contribution < -0.4 is 14.4 Å². The maximum Gasteiger partial charge on any atom is 0.244 e. The number of nitrogens with one attached hydrogen (secondary N) is 1. The first-order chi connectivity index (χ1) is 16.0. The van der Waals surface area contributed by atoms with Gasteiger partial charge in [-0.1, -0.05) is 44.2 Å². The van der Waals surface area contributed by atoms with E-state index in [2.05, 4.69) is 5.32 Å². The fourth-order valence-corrected chi connectivity index (χ4v) is 4.13. The topological polar surface area (TPSA) is 96.0 Å². The third kappa shape index (κ3) is 7.18. The van der Waals surface area contributed by atoms with Crippen molar-refractivity contribution in [2.24, 2.45) is 5.92 Å². The summed E-state index contributed by atoms with van der Waals surface area (Å²) in [5.41, 5.74) is 0.395. The van der Waals surface area contributed by atoms with Gasteiger partial charge in [-0.2, -0.15) is 0 Å². The number of ether oxygens (including phenoxy) is 1. The minimum absolute atomic E-state index is 0.184. The Morgan fingerprint density at radius 3 is 2.26 bits per heavy atom. The van der Waals surface area contributed by atoms with E-state index in [1.807, 2.05) is 13.8 Å². The number of benzene rings is 2. The van der Waals surface area contributed by atoms with Gasteiger partial charge in [0.1, 0.15) is 24.2 Å². The molecular formula is C24H32FN3O5S. The largest absolute Gasteiger partial charge is 0.495 e. The number of rotatable bonds is 11. The first-order valence-corrected chi connectivity index (χ1v) is 12.7. The van der Waals surface area contributed by atoms with Gasteiger partial charge in [-0.3, -0.25) is 13.9 Å². The molecule has 34 heavy (non-hydrogen) atoms. The standard InChI is InChI=1S/C24H32FN3O5S/c1-17(2)14-26-24(30)18(3)27(15-19-10-6-7-11-20(19)25)23(29)16-28(34(5,31)32)21-12-8-9-13-22(21)33-4/h6-13,17-18H,14-16H2,1-5H3,(H,26,30)/t18-/m1/s1. The molecule has 0 saturated carbocycles. The highest BCUT2D eigenvalue weighted by atomic mass is 32.2. The average Bonchev–Trinajstić information content (AvgIpc) is 2.79. The van der Waals surface area contributed by atoms with E-state index in [9.17, 15) is 22.4 Å². The highest BCUT2D eigenvalue weighted by Crippen LogP contribution is 2.29. The summed E-state index contributed by atoms with van der Waals surface area (Å²) in [6, 6.07) is 11.4. The van der Waals surface area contributed by atoms with Crippen molar-refractivity contribution in [3.63, 3.8) is 0 Å². The molecule has 0 heterocycles. The number of amides is 2. The van der Waals surface area contributed by atoms with Crippen molar-refractivity contribution in [1.29, 1.82) is 0 Å². The van der Waals surface area contributed by atoms with Crippen LogP contribution in [0.3, 0.4) is 0 Å². The van der Waals surface area contributed by atoms with E-state index in [0.29, 0.717) is 6.54 Å². The molecule has 8 nitrogen and oxygen atoms in total. The molecule has 0 unspecified atom stereocenters. The van der Waals surface area contributed by atoms with Crippen LogP contribution >= 0.6 is 0 Å². The van der Waals surface area contributed by atoms with E-state index in [1.54, 1.807) is 24.3 Å². The van der Waals surface area contributed by atoms with Crippen LogP contribution in [0, 0.1) is 11.7 Å². The summed E-state index contributed by atoms with van der Waals surface area (Å²) in [7, 11) is -2.50. The van der Waals surface area contributed by atoms with Crippen LogP contribution in [0.4, 0.5) is 10.1 Å². The van der Waals surface area contributed by atoms with Gasteiger partial charge in [0, 0.05) is 18.7 Å². The van der Waals surface area contributed by atoms with Crippen LogP contribution in [0.5, 0.6) is 5.75 Å². The molecule has 2 amide bonds. The van der Waals surface area contributed by atoms with E-state index in [-0.39, 0.29) is 29.5 Å². The van der Waals surface area contributed by atoms with Crippen LogP contribution in [-0.4, -0.2) is 57.6 Å². The molecule has 2 rings (SSSR count). The van der Waals surface area contributed by atoms with Crippen LogP contribution in [0.25, 0.3) is 0 Å². The minimum Gasteiger partial charge on any atom is -0.495 e. The Bertz CT molecular complexity index is 1110. The Kier molecular flexibility index (Phi) is 9.43. The molecule has 0 radical (unpaired) electrons. The van der Waals surface area contributed by atoms with Crippen molar-refractivity contribution < 1.29 is 27.1 Å². The number of hydrogen-bond donors (Lipinski definition) is 1. The predicted molar refractivity (Wildman–Crippen MR) is 129 cm³/mol. The number of carbonyl (C=O) groups is 2. The Morgan fingerprint density at radius 1 is 1.06 bits per heavy atom. The van der Waals surface area contributed by atoms with Crippen LogP contribution in [0.1, 0.15) is 26.3 Å². The van der Waals surface area contributed by atoms with Crippen molar-refractivity contribution in [3.05, 3.63) is 59.9 Å². The molecule has 0 aliphatic rings. The Labute approximate surface area is 200 Å². The number of para-hydroxylation sites is 2. The lowest BCUT2D eigenvalue weighted by Gasteiger charge is -2.32. The quantitative estimate of drug-likeness (QED) is 0.519. The fraction of sp³-hybridized carbons (Fsp3) is 0.417. The van der Waals surface area contributed by atoms with Gasteiger partial charge < -0.3 is 15.0 Å².